The van der Waals surface area contributed by atoms with Crippen molar-refractivity contribution in [1.82, 2.24) is 10.6 Å². The summed E-state index contributed by atoms with van der Waals surface area (Å²) in [5.41, 5.74) is 0.665. The summed E-state index contributed by atoms with van der Waals surface area (Å²) >= 11 is 0. The van der Waals surface area contributed by atoms with Crippen molar-refractivity contribution >= 4 is 12.0 Å². The van der Waals surface area contributed by atoms with E-state index in [1.807, 2.05) is 6.92 Å². The average molecular weight is 282 g/mol. The molecule has 1 atom stereocenters. The van der Waals surface area contributed by atoms with Gasteiger partial charge in [0.2, 0.25) is 0 Å². The lowest BCUT2D eigenvalue weighted by atomic mass is 10.0. The summed E-state index contributed by atoms with van der Waals surface area (Å²) in [5.74, 6) is -1.32. The summed E-state index contributed by atoms with van der Waals surface area (Å²) in [6.45, 7) is 2.40. The number of carbonyl (C=O) groups excluding carboxylic acids is 1. The Kier molecular flexibility index (Phi) is 6.49. The molecule has 1 unspecified atom stereocenters. The van der Waals surface area contributed by atoms with Crippen molar-refractivity contribution in [1.29, 1.82) is 0 Å². The Morgan fingerprint density at radius 2 is 2.10 bits per heavy atom. The Hall–Kier alpha value is -2.11. The molecule has 0 spiro atoms. The van der Waals surface area contributed by atoms with Crippen molar-refractivity contribution in [2.24, 2.45) is 5.92 Å². The zero-order valence-corrected chi connectivity index (χ0v) is 11.4. The fourth-order valence-corrected chi connectivity index (χ4v) is 1.74. The lowest BCUT2D eigenvalue weighted by Gasteiger charge is -2.14. The number of benzene rings is 1. The fourth-order valence-electron chi connectivity index (χ4n) is 1.74. The standard InChI is InChI=1S/C14H19FN2O3/c1-2-10(7-13(18)19)8-16-14(20)17-9-11-4-3-5-12(15)6-11/h3-6,10H,2,7-9H2,1H3,(H,18,19)(H2,16,17,20). The molecular weight excluding hydrogens is 263 g/mol. The van der Waals surface area contributed by atoms with Crippen LogP contribution in [0.2, 0.25) is 0 Å². The van der Waals surface area contributed by atoms with Gasteiger partial charge in [0.05, 0.1) is 0 Å². The van der Waals surface area contributed by atoms with Crippen LogP contribution in [0.15, 0.2) is 24.3 Å². The molecule has 0 radical (unpaired) electrons. The summed E-state index contributed by atoms with van der Waals surface area (Å²) in [5, 5.41) is 13.9. The molecule has 1 rings (SSSR count). The van der Waals surface area contributed by atoms with Gasteiger partial charge in [0.25, 0.3) is 0 Å². The molecule has 0 aliphatic heterocycles. The van der Waals surface area contributed by atoms with Crippen LogP contribution in [0.1, 0.15) is 25.3 Å². The van der Waals surface area contributed by atoms with Gasteiger partial charge in [0.15, 0.2) is 0 Å². The number of rotatable bonds is 7. The second kappa shape index (κ2) is 8.14. The van der Waals surface area contributed by atoms with E-state index < -0.39 is 12.0 Å². The maximum absolute atomic E-state index is 12.9. The van der Waals surface area contributed by atoms with Crippen LogP contribution in [0.3, 0.4) is 0 Å². The first-order valence-corrected chi connectivity index (χ1v) is 6.49. The molecule has 20 heavy (non-hydrogen) atoms. The quantitative estimate of drug-likeness (QED) is 0.717. The minimum Gasteiger partial charge on any atom is -0.481 e. The fraction of sp³-hybridized carbons (Fsp3) is 0.429. The lowest BCUT2D eigenvalue weighted by Crippen LogP contribution is -2.38. The van der Waals surface area contributed by atoms with Crippen LogP contribution < -0.4 is 10.6 Å². The largest absolute Gasteiger partial charge is 0.481 e. The van der Waals surface area contributed by atoms with E-state index in [4.69, 9.17) is 5.11 Å². The zero-order valence-electron chi connectivity index (χ0n) is 11.4. The monoisotopic (exact) mass is 282 g/mol. The van der Waals surface area contributed by atoms with E-state index in [0.29, 0.717) is 18.5 Å². The van der Waals surface area contributed by atoms with Crippen LogP contribution in [0, 0.1) is 11.7 Å². The van der Waals surface area contributed by atoms with Crippen molar-refractivity contribution in [2.75, 3.05) is 6.54 Å². The molecule has 0 saturated heterocycles. The van der Waals surface area contributed by atoms with E-state index in [1.54, 1.807) is 12.1 Å². The highest BCUT2D eigenvalue weighted by molar-refractivity contribution is 5.74. The van der Waals surface area contributed by atoms with Crippen LogP contribution in [0.4, 0.5) is 9.18 Å². The maximum Gasteiger partial charge on any atom is 0.315 e. The summed E-state index contributed by atoms with van der Waals surface area (Å²) < 4.78 is 12.9. The topological polar surface area (TPSA) is 78.4 Å². The van der Waals surface area contributed by atoms with Gasteiger partial charge in [-0.15, -0.1) is 0 Å². The molecule has 110 valence electrons. The molecular formula is C14H19FN2O3. The summed E-state index contributed by atoms with van der Waals surface area (Å²) in [6, 6.07) is 5.58. The highest BCUT2D eigenvalue weighted by atomic mass is 19.1. The smallest absolute Gasteiger partial charge is 0.315 e. The van der Waals surface area contributed by atoms with Crippen molar-refractivity contribution < 1.29 is 19.1 Å². The molecule has 0 aromatic heterocycles. The number of carboxylic acids is 1. The molecule has 3 N–H and O–H groups in total. The van der Waals surface area contributed by atoms with Crippen LogP contribution in [0.5, 0.6) is 0 Å². The Bertz CT molecular complexity index is 465. The van der Waals surface area contributed by atoms with Gasteiger partial charge in [-0.3, -0.25) is 4.79 Å². The molecule has 1 aromatic rings. The zero-order chi connectivity index (χ0) is 15.0. The molecule has 2 amide bonds. The van der Waals surface area contributed by atoms with Crippen molar-refractivity contribution in [3.63, 3.8) is 0 Å². The van der Waals surface area contributed by atoms with E-state index in [1.165, 1.54) is 12.1 Å². The minimum absolute atomic E-state index is 0.0284. The Morgan fingerprint density at radius 1 is 1.35 bits per heavy atom. The molecule has 6 heteroatoms. The molecule has 0 aliphatic rings. The molecule has 1 aromatic carbocycles. The second-order valence-corrected chi connectivity index (χ2v) is 4.57. The van der Waals surface area contributed by atoms with E-state index >= 15 is 0 Å². The van der Waals surface area contributed by atoms with Crippen LogP contribution in [0.25, 0.3) is 0 Å². The third kappa shape index (κ3) is 6.17. The number of hydrogen-bond acceptors (Lipinski definition) is 2. The molecule has 0 aliphatic carbocycles. The van der Waals surface area contributed by atoms with E-state index in [0.717, 1.165) is 0 Å². The normalized spacial score (nSPS) is 11.7. The summed E-state index contributed by atoms with van der Waals surface area (Å²) in [6.07, 6.45) is 0.706. The van der Waals surface area contributed by atoms with Crippen LogP contribution in [-0.2, 0) is 11.3 Å². The van der Waals surface area contributed by atoms with Gasteiger partial charge in [-0.05, 0) is 23.6 Å². The Balaban J connectivity index is 2.31. The van der Waals surface area contributed by atoms with E-state index in [2.05, 4.69) is 10.6 Å². The minimum atomic E-state index is -0.876. The highest BCUT2D eigenvalue weighted by Gasteiger charge is 2.12. The third-order valence-corrected chi connectivity index (χ3v) is 2.93. The molecule has 5 nitrogen and oxygen atoms in total. The first-order valence-electron chi connectivity index (χ1n) is 6.49. The number of halogens is 1. The van der Waals surface area contributed by atoms with Crippen molar-refractivity contribution in [3.05, 3.63) is 35.6 Å². The second-order valence-electron chi connectivity index (χ2n) is 4.57. The average Bonchev–Trinajstić information content (AvgIpc) is 2.40. The van der Waals surface area contributed by atoms with Gasteiger partial charge in [-0.25, -0.2) is 9.18 Å². The SMILES string of the molecule is CCC(CNC(=O)NCc1cccc(F)c1)CC(=O)O. The van der Waals surface area contributed by atoms with Gasteiger partial charge < -0.3 is 15.7 Å². The number of hydrogen-bond donors (Lipinski definition) is 3. The van der Waals surface area contributed by atoms with Gasteiger partial charge in [0, 0.05) is 19.5 Å². The lowest BCUT2D eigenvalue weighted by molar-refractivity contribution is -0.138. The Labute approximate surface area is 117 Å². The van der Waals surface area contributed by atoms with Crippen molar-refractivity contribution in [3.8, 4) is 0 Å². The maximum atomic E-state index is 12.9. The number of carboxylic acid groups (broad SMARTS) is 1. The van der Waals surface area contributed by atoms with Gasteiger partial charge in [-0.2, -0.15) is 0 Å². The molecule has 0 bridgehead atoms. The summed E-state index contributed by atoms with van der Waals surface area (Å²) in [4.78, 5) is 22.1. The number of amides is 2. The molecule has 0 fully saturated rings. The van der Waals surface area contributed by atoms with Crippen molar-refractivity contribution in [2.45, 2.75) is 26.3 Å². The van der Waals surface area contributed by atoms with Crippen LogP contribution >= 0.6 is 0 Å². The number of carbonyl (C=O) groups is 2. The number of aliphatic carboxylic acids is 1. The molecule has 0 saturated carbocycles. The van der Waals surface area contributed by atoms with Gasteiger partial charge >= 0.3 is 12.0 Å². The predicted molar refractivity (Wildman–Crippen MR) is 72.7 cm³/mol. The van der Waals surface area contributed by atoms with E-state index in [-0.39, 0.29) is 24.7 Å². The molecule has 0 heterocycles. The van der Waals surface area contributed by atoms with Gasteiger partial charge in [0.1, 0.15) is 5.82 Å². The number of nitrogens with one attached hydrogen (secondary N) is 2. The highest BCUT2D eigenvalue weighted by Crippen LogP contribution is 2.06. The third-order valence-electron chi connectivity index (χ3n) is 2.93. The van der Waals surface area contributed by atoms with E-state index in [9.17, 15) is 14.0 Å². The Morgan fingerprint density at radius 3 is 2.70 bits per heavy atom. The number of urea groups is 1. The summed E-state index contributed by atoms with van der Waals surface area (Å²) in [7, 11) is 0. The van der Waals surface area contributed by atoms with Crippen LogP contribution in [-0.4, -0.2) is 23.7 Å². The predicted octanol–water partition coefficient (Wildman–Crippen LogP) is 2.13. The first-order chi connectivity index (χ1) is 9.51. The first kappa shape index (κ1) is 15.9. The van der Waals surface area contributed by atoms with Gasteiger partial charge in [-0.1, -0.05) is 25.5 Å².